The predicted molar refractivity (Wildman–Crippen MR) is 165 cm³/mol. The quantitative estimate of drug-likeness (QED) is 0.355. The van der Waals surface area contributed by atoms with E-state index < -0.39 is 16.1 Å². The molecule has 2 aliphatic rings. The van der Waals surface area contributed by atoms with Gasteiger partial charge in [0.05, 0.1) is 0 Å². The Kier molecular flexibility index (Phi) is 5.13. The number of rotatable bonds is 1. The molecular weight excluding hydrogens is 465 g/mol. The van der Waals surface area contributed by atoms with E-state index in [9.17, 15) is 0 Å². The normalized spacial score (nSPS) is 16.7. The zero-order valence-corrected chi connectivity index (χ0v) is 25.0. The molecule has 0 amide bonds. The summed E-state index contributed by atoms with van der Waals surface area (Å²) in [7, 11) is -3.72. The van der Waals surface area contributed by atoms with E-state index in [2.05, 4.69) is 131 Å². The molecular formula is C32H36BNSi2. The van der Waals surface area contributed by atoms with Gasteiger partial charge in [-0.25, -0.2) is 0 Å². The molecule has 4 heteroatoms. The number of aryl methyl sites for hydroxylation is 4. The minimum absolute atomic E-state index is 0.170. The van der Waals surface area contributed by atoms with Crippen molar-refractivity contribution < 1.29 is 0 Å². The van der Waals surface area contributed by atoms with Gasteiger partial charge in [0.15, 0.2) is 0 Å². The number of hydrogen-bond acceptors (Lipinski definition) is 1. The van der Waals surface area contributed by atoms with Gasteiger partial charge >= 0.3 is 6.85 Å². The summed E-state index contributed by atoms with van der Waals surface area (Å²) in [4.78, 5) is 2.76. The highest BCUT2D eigenvalue weighted by Crippen LogP contribution is 2.38. The summed E-state index contributed by atoms with van der Waals surface area (Å²) in [5, 5.41) is 6.31. The Bertz CT molecular complexity index is 1440. The summed E-state index contributed by atoms with van der Waals surface area (Å²) in [5.41, 5.74) is 11.4. The molecule has 0 aliphatic carbocycles. The van der Waals surface area contributed by atoms with Crippen LogP contribution in [0.3, 0.4) is 0 Å². The lowest BCUT2D eigenvalue weighted by atomic mass is 9.48. The predicted octanol–water partition coefficient (Wildman–Crippen LogP) is 4.14. The molecule has 0 N–H and O–H groups in total. The summed E-state index contributed by atoms with van der Waals surface area (Å²) >= 11 is 0. The first kappa shape index (κ1) is 23.6. The van der Waals surface area contributed by atoms with Crippen LogP contribution in [0.15, 0.2) is 72.8 Å². The molecule has 36 heavy (non-hydrogen) atoms. The van der Waals surface area contributed by atoms with E-state index in [1.807, 2.05) is 0 Å². The number of hydrogen-bond donors (Lipinski definition) is 0. The third kappa shape index (κ3) is 3.13. The average Bonchev–Trinajstić information content (AvgIpc) is 2.81. The molecule has 0 bridgehead atoms. The van der Waals surface area contributed by atoms with Gasteiger partial charge in [0.1, 0.15) is 16.1 Å². The van der Waals surface area contributed by atoms with E-state index in [0.717, 1.165) is 0 Å². The molecule has 6 rings (SSSR count). The molecule has 2 heterocycles. The van der Waals surface area contributed by atoms with Crippen molar-refractivity contribution in [1.82, 2.24) is 0 Å². The highest BCUT2D eigenvalue weighted by molar-refractivity contribution is 7.12. The number of benzene rings is 4. The van der Waals surface area contributed by atoms with Crippen LogP contribution in [-0.2, 0) is 0 Å². The largest absolute Gasteiger partial charge is 0.377 e. The number of anilines is 2. The van der Waals surface area contributed by atoms with Crippen molar-refractivity contribution in [2.24, 2.45) is 0 Å². The Labute approximate surface area is 219 Å². The zero-order valence-electron chi connectivity index (χ0n) is 23.0. The molecule has 180 valence electrons. The van der Waals surface area contributed by atoms with E-state index in [-0.39, 0.29) is 6.85 Å². The van der Waals surface area contributed by atoms with Crippen LogP contribution in [0.1, 0.15) is 22.3 Å². The maximum atomic E-state index is 2.76. The van der Waals surface area contributed by atoms with E-state index in [0.29, 0.717) is 0 Å². The molecule has 4 aromatic rings. The molecule has 0 atom stereocenters. The van der Waals surface area contributed by atoms with E-state index in [4.69, 9.17) is 0 Å². The van der Waals surface area contributed by atoms with E-state index in [1.54, 1.807) is 20.7 Å². The Balaban J connectivity index is 1.77. The first-order valence-electron chi connectivity index (χ1n) is 13.2. The fourth-order valence-corrected chi connectivity index (χ4v) is 13.7. The average molecular weight is 502 g/mol. The second-order valence-corrected chi connectivity index (χ2v) is 20.8. The van der Waals surface area contributed by atoms with Crippen molar-refractivity contribution in [3.8, 4) is 0 Å². The van der Waals surface area contributed by atoms with Gasteiger partial charge < -0.3 is 4.81 Å². The molecule has 0 spiro atoms. The molecule has 0 aromatic heterocycles. The Hall–Kier alpha value is -2.82. The van der Waals surface area contributed by atoms with Crippen LogP contribution in [0.2, 0.25) is 26.2 Å². The lowest BCUT2D eigenvalue weighted by molar-refractivity contribution is 1.27. The molecule has 0 saturated carbocycles. The smallest absolute Gasteiger partial charge is 0.327 e. The molecule has 0 unspecified atom stereocenters. The van der Waals surface area contributed by atoms with E-state index >= 15 is 0 Å². The van der Waals surface area contributed by atoms with Crippen LogP contribution in [0, 0.1) is 27.7 Å². The maximum absolute atomic E-state index is 2.76. The maximum Gasteiger partial charge on any atom is 0.327 e. The fourth-order valence-electron chi connectivity index (χ4n) is 7.23. The summed E-state index contributed by atoms with van der Waals surface area (Å²) in [6.45, 7) is 19.5. The highest BCUT2D eigenvalue weighted by atomic mass is 28.3. The van der Waals surface area contributed by atoms with Crippen molar-refractivity contribution in [2.75, 3.05) is 4.81 Å². The van der Waals surface area contributed by atoms with Crippen LogP contribution in [0.4, 0.5) is 11.4 Å². The van der Waals surface area contributed by atoms with Gasteiger partial charge in [-0.05, 0) is 49.2 Å². The molecule has 1 nitrogen and oxygen atoms in total. The number of nitrogens with zero attached hydrogens (tertiary/aromatic N) is 1. The first-order valence-corrected chi connectivity index (χ1v) is 19.2. The van der Waals surface area contributed by atoms with Crippen LogP contribution >= 0.6 is 0 Å². The summed E-state index contributed by atoms with van der Waals surface area (Å²) in [6, 6.07) is 28.4. The molecule has 0 radical (unpaired) electrons. The van der Waals surface area contributed by atoms with Gasteiger partial charge in [0.25, 0.3) is 0 Å². The van der Waals surface area contributed by atoms with Gasteiger partial charge in [-0.3, -0.25) is 0 Å². The molecule has 2 aliphatic heterocycles. The SMILES string of the molecule is Cc1cc(C)c2c(c1)[Si](C)(C)c1cc(C)cc(C)c1N2B1c2ccccc2[Si](C)(C)c2ccccc21. The minimum atomic E-state index is -1.91. The topological polar surface area (TPSA) is 3.24 Å². The minimum Gasteiger partial charge on any atom is -0.377 e. The molecule has 0 fully saturated rings. The molecule has 0 saturated heterocycles. The van der Waals surface area contributed by atoms with Crippen LogP contribution in [-0.4, -0.2) is 23.0 Å². The first-order chi connectivity index (χ1) is 17.0. The van der Waals surface area contributed by atoms with E-state index in [1.165, 1.54) is 44.6 Å². The second kappa shape index (κ2) is 7.84. The third-order valence-electron chi connectivity index (χ3n) is 8.83. The molecule has 4 aromatic carbocycles. The van der Waals surface area contributed by atoms with Crippen molar-refractivity contribution >= 4 is 66.0 Å². The second-order valence-electron chi connectivity index (χ2n) is 12.2. The summed E-state index contributed by atoms with van der Waals surface area (Å²) in [6.07, 6.45) is 0. The Morgan fingerprint density at radius 3 is 1.36 bits per heavy atom. The summed E-state index contributed by atoms with van der Waals surface area (Å²) < 4.78 is 0. The van der Waals surface area contributed by atoms with Crippen LogP contribution in [0.5, 0.6) is 0 Å². The standard InChI is InChI=1S/C32H36BNSi2/c1-21-17-23(3)31-29(19-21)36(7,8)30-20-22(2)18-24(4)32(30)34(31)33-25-13-9-11-15-27(25)35(5,6)28-16-12-10-14-26(28)33/h9-20H,1-8H3. The van der Waals surface area contributed by atoms with Crippen molar-refractivity contribution in [1.29, 1.82) is 0 Å². The lowest BCUT2D eigenvalue weighted by Crippen LogP contribution is -2.78. The van der Waals surface area contributed by atoms with Gasteiger partial charge in [-0.1, -0.05) is 131 Å². The summed E-state index contributed by atoms with van der Waals surface area (Å²) in [5.74, 6) is 0. The van der Waals surface area contributed by atoms with Gasteiger partial charge in [0, 0.05) is 11.4 Å². The Morgan fingerprint density at radius 2 is 0.917 bits per heavy atom. The highest BCUT2D eigenvalue weighted by Gasteiger charge is 2.48. The van der Waals surface area contributed by atoms with Crippen molar-refractivity contribution in [2.45, 2.75) is 53.9 Å². The third-order valence-corrected chi connectivity index (χ3v) is 15.9. The van der Waals surface area contributed by atoms with Crippen molar-refractivity contribution in [3.63, 3.8) is 0 Å². The van der Waals surface area contributed by atoms with Gasteiger partial charge in [-0.15, -0.1) is 0 Å². The van der Waals surface area contributed by atoms with Gasteiger partial charge in [0.2, 0.25) is 0 Å². The van der Waals surface area contributed by atoms with Crippen LogP contribution in [0.25, 0.3) is 0 Å². The Morgan fingerprint density at radius 1 is 0.528 bits per heavy atom. The lowest BCUT2D eigenvalue weighted by Gasteiger charge is -2.49. The van der Waals surface area contributed by atoms with Crippen molar-refractivity contribution in [3.05, 3.63) is 95.1 Å². The zero-order chi connectivity index (χ0) is 25.6. The fraction of sp³-hybridized carbons (Fsp3) is 0.250. The van der Waals surface area contributed by atoms with Crippen LogP contribution < -0.4 is 36.5 Å². The number of fused-ring (bicyclic) bond motifs is 4. The monoisotopic (exact) mass is 501 g/mol. The van der Waals surface area contributed by atoms with Gasteiger partial charge in [-0.2, -0.15) is 0 Å².